The van der Waals surface area contributed by atoms with E-state index in [2.05, 4.69) is 5.10 Å². The summed E-state index contributed by atoms with van der Waals surface area (Å²) in [6.07, 6.45) is 0.542. The smallest absolute Gasteiger partial charge is 0.149 e. The highest BCUT2D eigenvalue weighted by atomic mass is 19.1. The van der Waals surface area contributed by atoms with Gasteiger partial charge in [0.15, 0.2) is 0 Å². The van der Waals surface area contributed by atoms with E-state index < -0.39 is 11.6 Å². The Morgan fingerprint density at radius 1 is 1.04 bits per heavy atom. The van der Waals surface area contributed by atoms with Gasteiger partial charge in [-0.05, 0) is 29.2 Å². The fourth-order valence-electron chi connectivity index (χ4n) is 2.82. The van der Waals surface area contributed by atoms with Crippen molar-refractivity contribution in [2.45, 2.75) is 33.2 Å². The molecule has 0 unspecified atom stereocenters. The van der Waals surface area contributed by atoms with Crippen LogP contribution < -0.4 is 5.73 Å². The number of halogens is 2. The minimum absolute atomic E-state index is 0.0864. The van der Waals surface area contributed by atoms with Crippen molar-refractivity contribution in [1.29, 1.82) is 0 Å². The summed E-state index contributed by atoms with van der Waals surface area (Å²) in [5, 5.41) is 4.53. The Bertz CT molecular complexity index is 895. The zero-order valence-electron chi connectivity index (χ0n) is 15.2. The van der Waals surface area contributed by atoms with Gasteiger partial charge in [0.05, 0.1) is 11.7 Å². The van der Waals surface area contributed by atoms with Gasteiger partial charge in [-0.15, -0.1) is 0 Å². The van der Waals surface area contributed by atoms with E-state index in [-0.39, 0.29) is 17.1 Å². The van der Waals surface area contributed by atoms with E-state index in [1.54, 1.807) is 0 Å². The van der Waals surface area contributed by atoms with Gasteiger partial charge in [-0.1, -0.05) is 51.1 Å². The van der Waals surface area contributed by atoms with Crippen LogP contribution >= 0.6 is 0 Å². The quantitative estimate of drug-likeness (QED) is 0.731. The Hall–Kier alpha value is -2.53. The van der Waals surface area contributed by atoms with Crippen molar-refractivity contribution in [2.24, 2.45) is 11.1 Å². The largest absolute Gasteiger partial charge is 0.322 e. The average molecular weight is 355 g/mol. The summed E-state index contributed by atoms with van der Waals surface area (Å²) < 4.78 is 29.5. The average Bonchev–Trinajstić information content (AvgIpc) is 3.00. The van der Waals surface area contributed by atoms with Crippen molar-refractivity contribution in [2.75, 3.05) is 0 Å². The van der Waals surface area contributed by atoms with Crippen LogP contribution in [0.4, 0.5) is 8.78 Å². The van der Waals surface area contributed by atoms with Crippen LogP contribution in [0.1, 0.15) is 43.8 Å². The zero-order valence-corrected chi connectivity index (χ0v) is 15.2. The summed E-state index contributed by atoms with van der Waals surface area (Å²) in [6.45, 7) is 6.07. The lowest BCUT2D eigenvalue weighted by Crippen LogP contribution is -2.26. The Morgan fingerprint density at radius 3 is 2.38 bits per heavy atom. The van der Waals surface area contributed by atoms with Crippen molar-refractivity contribution in [3.05, 3.63) is 83.2 Å². The lowest BCUT2D eigenvalue weighted by molar-refractivity contribution is 0.320. The molecule has 26 heavy (non-hydrogen) atoms. The van der Waals surface area contributed by atoms with E-state index in [4.69, 9.17) is 5.73 Å². The van der Waals surface area contributed by atoms with E-state index in [9.17, 15) is 8.78 Å². The van der Waals surface area contributed by atoms with Crippen LogP contribution in [0, 0.1) is 17.0 Å². The van der Waals surface area contributed by atoms with Gasteiger partial charge in [0.25, 0.3) is 0 Å². The molecule has 3 rings (SSSR count). The third-order valence-corrected chi connectivity index (χ3v) is 4.42. The first kappa shape index (κ1) is 18.3. The van der Waals surface area contributed by atoms with Crippen molar-refractivity contribution >= 4 is 0 Å². The van der Waals surface area contributed by atoms with Crippen LogP contribution in [0.3, 0.4) is 0 Å². The van der Waals surface area contributed by atoms with Gasteiger partial charge in [-0.25, -0.2) is 13.5 Å². The maximum Gasteiger partial charge on any atom is 0.149 e. The van der Waals surface area contributed by atoms with Gasteiger partial charge < -0.3 is 5.73 Å². The normalized spacial score (nSPS) is 13.0. The van der Waals surface area contributed by atoms with Crippen molar-refractivity contribution in [1.82, 2.24) is 9.78 Å². The molecule has 3 nitrogen and oxygen atoms in total. The molecule has 0 aliphatic heterocycles. The Morgan fingerprint density at radius 2 is 1.73 bits per heavy atom. The van der Waals surface area contributed by atoms with Gasteiger partial charge in [0.1, 0.15) is 17.3 Å². The molecular formula is C21H23F2N3. The van der Waals surface area contributed by atoms with Gasteiger partial charge in [0.2, 0.25) is 0 Å². The van der Waals surface area contributed by atoms with E-state index >= 15 is 0 Å². The topological polar surface area (TPSA) is 43.8 Å². The number of nitrogens with two attached hydrogens (primary N) is 1. The lowest BCUT2D eigenvalue weighted by Gasteiger charge is -2.25. The first-order valence-electron chi connectivity index (χ1n) is 8.59. The van der Waals surface area contributed by atoms with Crippen LogP contribution in [-0.4, -0.2) is 9.78 Å². The summed E-state index contributed by atoms with van der Waals surface area (Å²) >= 11 is 0. The molecule has 1 aromatic heterocycles. The third kappa shape index (κ3) is 3.83. The van der Waals surface area contributed by atoms with Gasteiger partial charge >= 0.3 is 0 Å². The predicted octanol–water partition coefficient (Wildman–Crippen LogP) is 4.79. The highest BCUT2D eigenvalue weighted by Gasteiger charge is 2.26. The maximum atomic E-state index is 14.4. The molecule has 0 bridgehead atoms. The maximum absolute atomic E-state index is 14.4. The van der Waals surface area contributed by atoms with Crippen LogP contribution in [0.15, 0.2) is 54.6 Å². The van der Waals surface area contributed by atoms with E-state index in [0.717, 1.165) is 29.5 Å². The molecule has 1 atom stereocenters. The zero-order chi connectivity index (χ0) is 18.9. The van der Waals surface area contributed by atoms with Gasteiger partial charge in [-0.2, -0.15) is 5.10 Å². The van der Waals surface area contributed by atoms with Crippen molar-refractivity contribution < 1.29 is 8.78 Å². The summed E-state index contributed by atoms with van der Waals surface area (Å²) in [7, 11) is 0. The molecule has 0 radical (unpaired) electrons. The van der Waals surface area contributed by atoms with Gasteiger partial charge in [0, 0.05) is 18.2 Å². The molecule has 0 spiro atoms. The van der Waals surface area contributed by atoms with E-state index in [0.29, 0.717) is 12.1 Å². The Balaban J connectivity index is 2.11. The van der Waals surface area contributed by atoms with Gasteiger partial charge in [-0.3, -0.25) is 0 Å². The molecule has 0 aliphatic rings. The second-order valence-electron chi connectivity index (χ2n) is 7.57. The number of hydrogen-bond acceptors (Lipinski definition) is 2. The summed E-state index contributed by atoms with van der Waals surface area (Å²) in [5.74, 6) is -1.04. The monoisotopic (exact) mass is 355 g/mol. The number of hydrogen-bond donors (Lipinski definition) is 1. The highest BCUT2D eigenvalue weighted by molar-refractivity contribution is 5.38. The van der Waals surface area contributed by atoms with E-state index in [1.165, 1.54) is 4.68 Å². The molecule has 1 heterocycles. The first-order chi connectivity index (χ1) is 12.3. The lowest BCUT2D eigenvalue weighted by atomic mass is 9.85. The molecule has 136 valence electrons. The molecule has 2 aromatic carbocycles. The van der Waals surface area contributed by atoms with Crippen LogP contribution in [-0.2, 0) is 6.42 Å². The van der Waals surface area contributed by atoms with Crippen LogP contribution in [0.2, 0.25) is 0 Å². The molecule has 0 aliphatic carbocycles. The van der Waals surface area contributed by atoms with Crippen LogP contribution in [0.25, 0.3) is 5.69 Å². The Kier molecular flexibility index (Phi) is 4.92. The molecule has 5 heteroatoms. The molecular weight excluding hydrogens is 332 g/mol. The molecule has 0 amide bonds. The molecule has 0 saturated heterocycles. The summed E-state index contributed by atoms with van der Waals surface area (Å²) in [6, 6.07) is 14.7. The number of nitrogens with zero attached hydrogens (tertiary/aromatic N) is 2. The molecule has 0 fully saturated rings. The fraction of sp³-hybridized carbons (Fsp3) is 0.286. The first-order valence-corrected chi connectivity index (χ1v) is 8.59. The Labute approximate surface area is 152 Å². The minimum Gasteiger partial charge on any atom is -0.322 e. The fourth-order valence-corrected chi connectivity index (χ4v) is 2.82. The number of rotatable bonds is 4. The van der Waals surface area contributed by atoms with Crippen molar-refractivity contribution in [3.63, 3.8) is 0 Å². The van der Waals surface area contributed by atoms with Crippen LogP contribution in [0.5, 0.6) is 0 Å². The highest BCUT2D eigenvalue weighted by Crippen LogP contribution is 2.31. The second kappa shape index (κ2) is 7.00. The molecule has 2 N–H and O–H groups in total. The number of benzene rings is 2. The molecule has 0 saturated carbocycles. The summed E-state index contributed by atoms with van der Waals surface area (Å²) in [4.78, 5) is 0. The predicted molar refractivity (Wildman–Crippen MR) is 99.1 cm³/mol. The standard InChI is InChI=1S/C21H23F2N3/c1-21(2,3)20(24)18-13-16(11-14-7-5-4-6-8-14)26(25-18)19-12-15(22)9-10-17(19)23/h4-10,12-13,20H,11,24H2,1-3H3/t20-/m0/s1. The summed E-state index contributed by atoms with van der Waals surface area (Å²) in [5.41, 5.74) is 8.71. The van der Waals surface area contributed by atoms with Crippen molar-refractivity contribution in [3.8, 4) is 5.69 Å². The second-order valence-corrected chi connectivity index (χ2v) is 7.57. The molecule has 3 aromatic rings. The third-order valence-electron chi connectivity index (χ3n) is 4.42. The minimum atomic E-state index is -0.528. The van der Waals surface area contributed by atoms with E-state index in [1.807, 2.05) is 57.2 Å². The SMILES string of the molecule is CC(C)(C)[C@@H](N)c1cc(Cc2ccccc2)n(-c2cc(F)ccc2F)n1. The number of aromatic nitrogens is 2.